The lowest BCUT2D eigenvalue weighted by Crippen LogP contribution is -2.29. The van der Waals surface area contributed by atoms with Gasteiger partial charge < -0.3 is 5.73 Å². The van der Waals surface area contributed by atoms with E-state index in [1.807, 2.05) is 33.2 Å². The third-order valence-corrected chi connectivity index (χ3v) is 2.60. The zero-order chi connectivity index (χ0) is 11.4. The standard InChI is InChI=1S/C11H19N3O/c1-8(2)10(7-12)11(15)6-9-4-5-14(3)13-9/h4-5,8,10H,6-7,12H2,1-3H3. The van der Waals surface area contributed by atoms with Gasteiger partial charge in [-0.15, -0.1) is 0 Å². The first-order valence-electron chi connectivity index (χ1n) is 5.26. The summed E-state index contributed by atoms with van der Waals surface area (Å²) in [5.74, 6) is 0.435. The van der Waals surface area contributed by atoms with Crippen molar-refractivity contribution in [1.29, 1.82) is 0 Å². The normalized spacial score (nSPS) is 13.1. The van der Waals surface area contributed by atoms with Crippen molar-refractivity contribution in [2.75, 3.05) is 6.54 Å². The molecule has 1 unspecified atom stereocenters. The molecular weight excluding hydrogens is 190 g/mol. The molecule has 0 saturated carbocycles. The lowest BCUT2D eigenvalue weighted by atomic mass is 9.89. The molecule has 0 bridgehead atoms. The van der Waals surface area contributed by atoms with Crippen LogP contribution in [-0.4, -0.2) is 22.1 Å². The highest BCUT2D eigenvalue weighted by molar-refractivity contribution is 5.83. The molecule has 0 fully saturated rings. The molecule has 1 aromatic heterocycles. The van der Waals surface area contributed by atoms with E-state index in [9.17, 15) is 4.79 Å². The van der Waals surface area contributed by atoms with Gasteiger partial charge in [-0.3, -0.25) is 9.48 Å². The molecule has 0 saturated heterocycles. The molecule has 0 amide bonds. The molecule has 1 aromatic rings. The van der Waals surface area contributed by atoms with Crippen LogP contribution < -0.4 is 5.73 Å². The zero-order valence-electron chi connectivity index (χ0n) is 9.60. The van der Waals surface area contributed by atoms with Crippen molar-refractivity contribution < 1.29 is 4.79 Å². The minimum absolute atomic E-state index is 0.0491. The first kappa shape index (κ1) is 11.9. The second-order valence-electron chi connectivity index (χ2n) is 4.21. The Morgan fingerprint density at radius 1 is 1.60 bits per heavy atom. The van der Waals surface area contributed by atoms with Crippen LogP contribution in [0.3, 0.4) is 0 Å². The number of aromatic nitrogens is 2. The van der Waals surface area contributed by atoms with E-state index in [1.54, 1.807) is 4.68 Å². The van der Waals surface area contributed by atoms with E-state index in [1.165, 1.54) is 0 Å². The topological polar surface area (TPSA) is 60.9 Å². The van der Waals surface area contributed by atoms with Gasteiger partial charge in [0.1, 0.15) is 5.78 Å². The van der Waals surface area contributed by atoms with Crippen LogP contribution in [0.25, 0.3) is 0 Å². The van der Waals surface area contributed by atoms with Gasteiger partial charge in [0.05, 0.1) is 12.1 Å². The quantitative estimate of drug-likeness (QED) is 0.779. The molecule has 4 heteroatoms. The zero-order valence-corrected chi connectivity index (χ0v) is 9.60. The van der Waals surface area contributed by atoms with Crippen molar-refractivity contribution in [1.82, 2.24) is 9.78 Å². The number of hydrogen-bond acceptors (Lipinski definition) is 3. The van der Waals surface area contributed by atoms with E-state index in [0.717, 1.165) is 5.69 Å². The summed E-state index contributed by atoms with van der Waals surface area (Å²) in [7, 11) is 1.84. The Morgan fingerprint density at radius 2 is 2.27 bits per heavy atom. The van der Waals surface area contributed by atoms with Gasteiger partial charge >= 0.3 is 0 Å². The molecule has 15 heavy (non-hydrogen) atoms. The van der Waals surface area contributed by atoms with E-state index in [2.05, 4.69) is 5.10 Å². The SMILES string of the molecule is CC(C)C(CN)C(=O)Cc1ccn(C)n1. The van der Waals surface area contributed by atoms with Gasteiger partial charge in [-0.1, -0.05) is 13.8 Å². The Labute approximate surface area is 90.5 Å². The smallest absolute Gasteiger partial charge is 0.143 e. The van der Waals surface area contributed by atoms with Crippen LogP contribution in [0.1, 0.15) is 19.5 Å². The number of carbonyl (C=O) groups is 1. The lowest BCUT2D eigenvalue weighted by molar-refractivity contribution is -0.123. The maximum absolute atomic E-state index is 11.9. The van der Waals surface area contributed by atoms with E-state index < -0.39 is 0 Å². The lowest BCUT2D eigenvalue weighted by Gasteiger charge is -2.16. The fraction of sp³-hybridized carbons (Fsp3) is 0.636. The third-order valence-electron chi connectivity index (χ3n) is 2.60. The predicted octanol–water partition coefficient (Wildman–Crippen LogP) is 0.763. The fourth-order valence-electron chi connectivity index (χ4n) is 1.64. The summed E-state index contributed by atoms with van der Waals surface area (Å²) in [6, 6.07) is 1.87. The molecule has 0 aliphatic rings. The molecule has 1 atom stereocenters. The van der Waals surface area contributed by atoms with E-state index in [0.29, 0.717) is 18.9 Å². The monoisotopic (exact) mass is 209 g/mol. The van der Waals surface area contributed by atoms with Gasteiger partial charge in [0.25, 0.3) is 0 Å². The maximum Gasteiger partial charge on any atom is 0.143 e. The highest BCUT2D eigenvalue weighted by Gasteiger charge is 2.21. The molecule has 4 nitrogen and oxygen atoms in total. The van der Waals surface area contributed by atoms with Crippen LogP contribution in [0.5, 0.6) is 0 Å². The van der Waals surface area contributed by atoms with Gasteiger partial charge in [-0.25, -0.2) is 0 Å². The maximum atomic E-state index is 11.9. The highest BCUT2D eigenvalue weighted by Crippen LogP contribution is 2.12. The number of Topliss-reactive ketones (excluding diaryl/α,β-unsaturated/α-hetero) is 1. The average Bonchev–Trinajstić information content (AvgIpc) is 2.51. The van der Waals surface area contributed by atoms with E-state index >= 15 is 0 Å². The van der Waals surface area contributed by atoms with Gasteiger partial charge in [-0.2, -0.15) is 5.10 Å². The molecule has 0 aliphatic heterocycles. The summed E-state index contributed by atoms with van der Waals surface area (Å²) in [5.41, 5.74) is 6.41. The van der Waals surface area contributed by atoms with Gasteiger partial charge in [0.15, 0.2) is 0 Å². The van der Waals surface area contributed by atoms with Gasteiger partial charge in [0, 0.05) is 25.7 Å². The molecule has 2 N–H and O–H groups in total. The number of rotatable bonds is 5. The minimum atomic E-state index is -0.0491. The molecule has 1 heterocycles. The average molecular weight is 209 g/mol. The van der Waals surface area contributed by atoms with Gasteiger partial charge in [-0.05, 0) is 12.0 Å². The molecule has 0 spiro atoms. The summed E-state index contributed by atoms with van der Waals surface area (Å²) in [6.07, 6.45) is 2.23. The Morgan fingerprint density at radius 3 is 2.67 bits per heavy atom. The van der Waals surface area contributed by atoms with Crippen molar-refractivity contribution in [3.8, 4) is 0 Å². The first-order valence-corrected chi connectivity index (χ1v) is 5.26. The second kappa shape index (κ2) is 5.07. The highest BCUT2D eigenvalue weighted by atomic mass is 16.1. The number of carbonyl (C=O) groups excluding carboxylic acids is 1. The van der Waals surface area contributed by atoms with E-state index in [-0.39, 0.29) is 11.7 Å². The van der Waals surface area contributed by atoms with Crippen LogP contribution in [0.4, 0.5) is 0 Å². The second-order valence-corrected chi connectivity index (χ2v) is 4.21. The van der Waals surface area contributed by atoms with Crippen LogP contribution >= 0.6 is 0 Å². The number of ketones is 1. The van der Waals surface area contributed by atoms with Crippen LogP contribution in [0.15, 0.2) is 12.3 Å². The van der Waals surface area contributed by atoms with Crippen molar-refractivity contribution in [2.24, 2.45) is 24.6 Å². The van der Waals surface area contributed by atoms with Gasteiger partial charge in [0.2, 0.25) is 0 Å². The first-order chi connectivity index (χ1) is 7.04. The minimum Gasteiger partial charge on any atom is -0.330 e. The molecule has 0 radical (unpaired) electrons. The van der Waals surface area contributed by atoms with Crippen LogP contribution in [-0.2, 0) is 18.3 Å². The molecule has 0 aromatic carbocycles. The fourth-order valence-corrected chi connectivity index (χ4v) is 1.64. The number of nitrogens with zero attached hydrogens (tertiary/aromatic N) is 2. The predicted molar refractivity (Wildman–Crippen MR) is 59.3 cm³/mol. The van der Waals surface area contributed by atoms with Crippen molar-refractivity contribution in [3.05, 3.63) is 18.0 Å². The van der Waals surface area contributed by atoms with Crippen molar-refractivity contribution in [2.45, 2.75) is 20.3 Å². The third kappa shape index (κ3) is 3.16. The number of nitrogens with two attached hydrogens (primary N) is 1. The Bertz CT molecular complexity index is 330. The molecular formula is C11H19N3O. The number of hydrogen-bond donors (Lipinski definition) is 1. The van der Waals surface area contributed by atoms with Crippen LogP contribution in [0.2, 0.25) is 0 Å². The van der Waals surface area contributed by atoms with E-state index in [4.69, 9.17) is 5.73 Å². The molecule has 0 aliphatic carbocycles. The Kier molecular flexibility index (Phi) is 4.03. The van der Waals surface area contributed by atoms with Crippen molar-refractivity contribution >= 4 is 5.78 Å². The number of aryl methyl sites for hydroxylation is 1. The molecule has 84 valence electrons. The summed E-state index contributed by atoms with van der Waals surface area (Å²) >= 11 is 0. The van der Waals surface area contributed by atoms with Crippen molar-refractivity contribution in [3.63, 3.8) is 0 Å². The van der Waals surface area contributed by atoms with Crippen LogP contribution in [0, 0.1) is 11.8 Å². The summed E-state index contributed by atoms with van der Waals surface area (Å²) in [5, 5.41) is 4.18. The Balaban J connectivity index is 2.62. The summed E-state index contributed by atoms with van der Waals surface area (Å²) in [6.45, 7) is 4.46. The summed E-state index contributed by atoms with van der Waals surface area (Å²) in [4.78, 5) is 11.9. The largest absolute Gasteiger partial charge is 0.330 e. The Hall–Kier alpha value is -1.16. The summed E-state index contributed by atoms with van der Waals surface area (Å²) < 4.78 is 1.70. The molecule has 1 rings (SSSR count).